The van der Waals surface area contributed by atoms with E-state index < -0.39 is 11.8 Å². The minimum absolute atomic E-state index is 0.0317. The van der Waals surface area contributed by atoms with Crippen LogP contribution in [0.4, 0.5) is 0 Å². The molecule has 0 bridgehead atoms. The Labute approximate surface area is 176 Å². The van der Waals surface area contributed by atoms with Crippen LogP contribution in [-0.2, 0) is 16.2 Å². The predicted octanol–water partition coefficient (Wildman–Crippen LogP) is 3.50. The highest BCUT2D eigenvalue weighted by Crippen LogP contribution is 2.29. The highest BCUT2D eigenvalue weighted by molar-refractivity contribution is 7.80. The molecule has 0 aromatic heterocycles. The van der Waals surface area contributed by atoms with Gasteiger partial charge in [0.15, 0.2) is 5.11 Å². The number of carbonyl (C=O) groups is 2. The first kappa shape index (κ1) is 20.1. The molecule has 2 aromatic carbocycles. The third-order valence-electron chi connectivity index (χ3n) is 3.86. The van der Waals surface area contributed by atoms with Crippen molar-refractivity contribution in [3.8, 4) is 11.5 Å². The van der Waals surface area contributed by atoms with E-state index in [1.807, 2.05) is 0 Å². The van der Waals surface area contributed by atoms with Gasteiger partial charge in [0.1, 0.15) is 23.7 Å². The number of hydrogen-bond donors (Lipinski definition) is 2. The van der Waals surface area contributed by atoms with Crippen LogP contribution in [0, 0.1) is 0 Å². The number of rotatable bonds is 5. The number of benzene rings is 2. The molecule has 0 unspecified atom stereocenters. The molecular weight excluding hydrogens is 423 g/mol. The molecule has 2 N–H and O–H groups in total. The van der Waals surface area contributed by atoms with E-state index in [-0.39, 0.29) is 17.3 Å². The summed E-state index contributed by atoms with van der Waals surface area (Å²) in [6.07, 6.45) is 1.42. The van der Waals surface area contributed by atoms with Crippen molar-refractivity contribution in [3.63, 3.8) is 0 Å². The average Bonchev–Trinajstić information content (AvgIpc) is 2.64. The van der Waals surface area contributed by atoms with Crippen LogP contribution in [0.15, 0.2) is 42.0 Å². The largest absolute Gasteiger partial charge is 0.497 e. The van der Waals surface area contributed by atoms with E-state index in [0.29, 0.717) is 27.1 Å². The zero-order chi connectivity index (χ0) is 20.3. The number of ether oxygens (including phenoxy) is 2. The van der Waals surface area contributed by atoms with E-state index in [1.54, 1.807) is 36.4 Å². The molecule has 0 radical (unpaired) electrons. The fourth-order valence-electron chi connectivity index (χ4n) is 2.44. The number of nitrogens with one attached hydrogen (secondary N) is 2. The van der Waals surface area contributed by atoms with Gasteiger partial charge >= 0.3 is 0 Å². The predicted molar refractivity (Wildman–Crippen MR) is 111 cm³/mol. The van der Waals surface area contributed by atoms with Crippen molar-refractivity contribution in [3.05, 3.63) is 63.1 Å². The van der Waals surface area contributed by atoms with Crippen LogP contribution < -0.4 is 20.1 Å². The molecule has 0 spiro atoms. The zero-order valence-corrected chi connectivity index (χ0v) is 16.9. The van der Waals surface area contributed by atoms with Gasteiger partial charge in [0.2, 0.25) is 0 Å². The Kier molecular flexibility index (Phi) is 6.18. The molecule has 6 nitrogen and oxygen atoms in total. The summed E-state index contributed by atoms with van der Waals surface area (Å²) in [5, 5.41) is 5.74. The number of amides is 2. The molecule has 28 heavy (non-hydrogen) atoms. The van der Waals surface area contributed by atoms with Crippen molar-refractivity contribution in [2.45, 2.75) is 6.61 Å². The molecule has 1 aliphatic rings. The van der Waals surface area contributed by atoms with Crippen LogP contribution >= 0.6 is 35.4 Å². The number of thiocarbonyl (C=S) groups is 1. The summed E-state index contributed by atoms with van der Waals surface area (Å²) in [6.45, 7) is 0.155. The van der Waals surface area contributed by atoms with Gasteiger partial charge in [0, 0.05) is 27.2 Å². The lowest BCUT2D eigenvalue weighted by atomic mass is 10.1. The average molecular weight is 437 g/mol. The summed E-state index contributed by atoms with van der Waals surface area (Å²) in [7, 11) is 1.52. The molecule has 1 heterocycles. The second-order valence-electron chi connectivity index (χ2n) is 5.72. The van der Waals surface area contributed by atoms with Gasteiger partial charge in [-0.3, -0.25) is 20.2 Å². The van der Waals surface area contributed by atoms with E-state index in [4.69, 9.17) is 44.9 Å². The fourth-order valence-corrected chi connectivity index (χ4v) is 3.09. The SMILES string of the molecule is COc1ccc(C=C2C(=O)NC(=S)NC2=O)c(OCc2ccc(Cl)cc2Cl)c1. The first-order chi connectivity index (χ1) is 13.4. The summed E-state index contributed by atoms with van der Waals surface area (Å²) >= 11 is 16.9. The van der Waals surface area contributed by atoms with Crippen LogP contribution in [0.5, 0.6) is 11.5 Å². The zero-order valence-electron chi connectivity index (χ0n) is 14.5. The summed E-state index contributed by atoms with van der Waals surface area (Å²) < 4.78 is 11.1. The molecule has 9 heteroatoms. The van der Waals surface area contributed by atoms with Gasteiger partial charge in [-0.2, -0.15) is 0 Å². The number of halogens is 2. The molecule has 2 amide bonds. The Balaban J connectivity index is 1.92. The first-order valence-electron chi connectivity index (χ1n) is 8.00. The van der Waals surface area contributed by atoms with Crippen molar-refractivity contribution in [2.24, 2.45) is 0 Å². The molecule has 1 saturated heterocycles. The van der Waals surface area contributed by atoms with Crippen LogP contribution in [0.25, 0.3) is 6.08 Å². The normalized spacial score (nSPS) is 13.7. The van der Waals surface area contributed by atoms with E-state index in [1.165, 1.54) is 13.2 Å². The Bertz CT molecular complexity index is 985. The Hall–Kier alpha value is -2.61. The molecule has 144 valence electrons. The fraction of sp³-hybridized carbons (Fsp3) is 0.105. The highest BCUT2D eigenvalue weighted by atomic mass is 35.5. The monoisotopic (exact) mass is 436 g/mol. The lowest BCUT2D eigenvalue weighted by molar-refractivity contribution is -0.123. The van der Waals surface area contributed by atoms with Gasteiger partial charge < -0.3 is 9.47 Å². The van der Waals surface area contributed by atoms with Gasteiger partial charge in [-0.15, -0.1) is 0 Å². The third kappa shape index (κ3) is 4.62. The maximum atomic E-state index is 12.1. The minimum atomic E-state index is -0.587. The maximum absolute atomic E-state index is 12.1. The number of methoxy groups -OCH3 is 1. The van der Waals surface area contributed by atoms with E-state index >= 15 is 0 Å². The van der Waals surface area contributed by atoms with Crippen molar-refractivity contribution in [2.75, 3.05) is 7.11 Å². The topological polar surface area (TPSA) is 76.7 Å². The lowest BCUT2D eigenvalue weighted by Crippen LogP contribution is -2.51. The third-order valence-corrected chi connectivity index (χ3v) is 4.65. The first-order valence-corrected chi connectivity index (χ1v) is 9.17. The second-order valence-corrected chi connectivity index (χ2v) is 6.98. The van der Waals surface area contributed by atoms with Crippen LogP contribution in [0.2, 0.25) is 10.0 Å². The molecule has 3 rings (SSSR count). The highest BCUT2D eigenvalue weighted by Gasteiger charge is 2.26. The minimum Gasteiger partial charge on any atom is -0.497 e. The number of carbonyl (C=O) groups excluding carboxylic acids is 2. The molecule has 1 fully saturated rings. The molecule has 0 atom stereocenters. The number of hydrogen-bond acceptors (Lipinski definition) is 5. The van der Waals surface area contributed by atoms with Crippen molar-refractivity contribution < 1.29 is 19.1 Å². The second kappa shape index (κ2) is 8.60. The maximum Gasteiger partial charge on any atom is 0.263 e. The van der Waals surface area contributed by atoms with E-state index in [2.05, 4.69) is 10.6 Å². The molecular formula is C19H14Cl2N2O4S. The molecule has 1 aliphatic heterocycles. The summed E-state index contributed by atoms with van der Waals surface area (Å²) in [5.41, 5.74) is 1.15. The molecule has 0 saturated carbocycles. The summed E-state index contributed by atoms with van der Waals surface area (Å²) in [5.74, 6) is -0.211. The standard InChI is InChI=1S/C19H14Cl2N2O4S/c1-26-13-5-3-10(6-14-17(24)22-19(28)23-18(14)25)16(8-13)27-9-11-2-4-12(20)7-15(11)21/h2-8H,9H2,1H3,(H2,22,23,24,25,28). The summed E-state index contributed by atoms with van der Waals surface area (Å²) in [6, 6.07) is 10.1. The Morgan fingerprint density at radius 2 is 1.79 bits per heavy atom. The smallest absolute Gasteiger partial charge is 0.263 e. The Morgan fingerprint density at radius 3 is 2.43 bits per heavy atom. The van der Waals surface area contributed by atoms with Crippen LogP contribution in [-0.4, -0.2) is 24.0 Å². The van der Waals surface area contributed by atoms with Crippen molar-refractivity contribution in [1.82, 2.24) is 10.6 Å². The van der Waals surface area contributed by atoms with Gasteiger partial charge in [0.25, 0.3) is 11.8 Å². The van der Waals surface area contributed by atoms with E-state index in [9.17, 15) is 9.59 Å². The van der Waals surface area contributed by atoms with Crippen LogP contribution in [0.1, 0.15) is 11.1 Å². The molecule has 2 aromatic rings. The summed E-state index contributed by atoms with van der Waals surface area (Å²) in [4.78, 5) is 24.2. The quantitative estimate of drug-likeness (QED) is 0.426. The molecule has 0 aliphatic carbocycles. The van der Waals surface area contributed by atoms with E-state index in [0.717, 1.165) is 5.56 Å². The van der Waals surface area contributed by atoms with Gasteiger partial charge in [-0.25, -0.2) is 0 Å². The van der Waals surface area contributed by atoms with Gasteiger partial charge in [-0.05, 0) is 42.6 Å². The Morgan fingerprint density at radius 1 is 1.07 bits per heavy atom. The van der Waals surface area contributed by atoms with Crippen molar-refractivity contribution in [1.29, 1.82) is 0 Å². The lowest BCUT2D eigenvalue weighted by Gasteiger charge is -2.17. The van der Waals surface area contributed by atoms with Gasteiger partial charge in [0.05, 0.1) is 7.11 Å². The van der Waals surface area contributed by atoms with Crippen LogP contribution in [0.3, 0.4) is 0 Å². The van der Waals surface area contributed by atoms with Gasteiger partial charge in [-0.1, -0.05) is 29.3 Å². The van der Waals surface area contributed by atoms with Crippen molar-refractivity contribution >= 4 is 58.4 Å².